The van der Waals surface area contributed by atoms with Crippen LogP contribution in [0.5, 0.6) is 11.5 Å². The number of hydrogen-bond acceptors (Lipinski definition) is 9. The number of sulfonamides is 1. The second-order valence-electron chi connectivity index (χ2n) is 9.05. The molecule has 0 amide bonds. The highest BCUT2D eigenvalue weighted by Crippen LogP contribution is 2.40. The molecule has 0 bridgehead atoms. The van der Waals surface area contributed by atoms with Gasteiger partial charge in [-0.15, -0.1) is 10.2 Å². The largest absolute Gasteiger partial charge is 0.494 e. The normalized spacial score (nSPS) is 19.6. The van der Waals surface area contributed by atoms with Crippen molar-refractivity contribution in [3.05, 3.63) is 47.8 Å². The van der Waals surface area contributed by atoms with Crippen LogP contribution in [-0.2, 0) is 14.8 Å². The van der Waals surface area contributed by atoms with E-state index in [1.807, 2.05) is 6.92 Å². The maximum absolute atomic E-state index is 13.5. The van der Waals surface area contributed by atoms with Crippen LogP contribution in [0.1, 0.15) is 56.4 Å². The zero-order valence-electron chi connectivity index (χ0n) is 21.3. The average molecular weight is 517 g/mol. The van der Waals surface area contributed by atoms with Gasteiger partial charge in [0.25, 0.3) is 0 Å². The lowest BCUT2D eigenvalue weighted by Crippen LogP contribution is -2.31. The minimum atomic E-state index is -3.94. The molecule has 2 aromatic heterocycles. The summed E-state index contributed by atoms with van der Waals surface area (Å²) >= 11 is 0. The standard InChI is InChI=1S/C24H32N6O5S/c1-14-12-25-22(26-13-14)16(3)17(4)36(31,32)29-24-28-27-23(21-15(2)10-11-35-21)30(24)20-18(33-5)8-7-9-19(20)34-6/h7-9,12-13,15-17,21H,10-11H2,1-6H3,(H,28,29)/t15-,16-,17-,21+/m0/s1. The molecule has 1 fully saturated rings. The molecule has 11 nitrogen and oxygen atoms in total. The van der Waals surface area contributed by atoms with Crippen LogP contribution in [0, 0.1) is 12.8 Å². The minimum absolute atomic E-state index is 0.0133. The fourth-order valence-corrected chi connectivity index (χ4v) is 5.41. The van der Waals surface area contributed by atoms with Crippen molar-refractivity contribution in [1.82, 2.24) is 24.7 Å². The number of nitrogens with zero attached hydrogens (tertiary/aromatic N) is 5. The number of para-hydroxylation sites is 1. The number of methoxy groups -OCH3 is 2. The van der Waals surface area contributed by atoms with Crippen molar-refractivity contribution in [2.75, 3.05) is 25.5 Å². The Kier molecular flexibility index (Phi) is 7.46. The topological polar surface area (TPSA) is 130 Å². The van der Waals surface area contributed by atoms with Crippen molar-refractivity contribution >= 4 is 16.0 Å². The van der Waals surface area contributed by atoms with Crippen molar-refractivity contribution in [3.8, 4) is 17.2 Å². The van der Waals surface area contributed by atoms with E-state index in [2.05, 4.69) is 31.8 Å². The van der Waals surface area contributed by atoms with Crippen molar-refractivity contribution in [2.24, 2.45) is 5.92 Å². The van der Waals surface area contributed by atoms with Crippen molar-refractivity contribution in [2.45, 2.75) is 51.4 Å². The number of aryl methyl sites for hydroxylation is 1. The Labute approximate surface area is 211 Å². The summed E-state index contributed by atoms with van der Waals surface area (Å²) in [5.41, 5.74) is 1.37. The van der Waals surface area contributed by atoms with Crippen molar-refractivity contribution < 1.29 is 22.6 Å². The maximum Gasteiger partial charge on any atom is 0.243 e. The summed E-state index contributed by atoms with van der Waals surface area (Å²) in [4.78, 5) is 8.62. The Morgan fingerprint density at radius 2 is 1.75 bits per heavy atom. The smallest absolute Gasteiger partial charge is 0.243 e. The molecular formula is C24H32N6O5S. The predicted octanol–water partition coefficient (Wildman–Crippen LogP) is 3.41. The molecule has 0 aliphatic carbocycles. The van der Waals surface area contributed by atoms with E-state index in [-0.39, 0.29) is 18.0 Å². The SMILES string of the molecule is COc1cccc(OC)c1-n1c(NS(=O)(=O)[C@@H](C)[C@H](C)c2ncc(C)cn2)nnc1[C@@H]1OCC[C@@H]1C. The van der Waals surface area contributed by atoms with Crippen LogP contribution in [0.3, 0.4) is 0 Å². The third kappa shape index (κ3) is 4.87. The summed E-state index contributed by atoms with van der Waals surface area (Å²) in [6, 6.07) is 5.31. The first-order chi connectivity index (χ1) is 17.2. The van der Waals surface area contributed by atoms with Crippen LogP contribution in [0.15, 0.2) is 30.6 Å². The van der Waals surface area contributed by atoms with E-state index in [9.17, 15) is 8.42 Å². The lowest BCUT2D eigenvalue weighted by atomic mass is 10.0. The van der Waals surface area contributed by atoms with E-state index in [0.717, 1.165) is 12.0 Å². The van der Waals surface area contributed by atoms with Crippen LogP contribution < -0.4 is 14.2 Å². The van der Waals surface area contributed by atoms with E-state index in [1.165, 1.54) is 14.2 Å². The summed E-state index contributed by atoms with van der Waals surface area (Å²) < 4.78 is 48.5. The van der Waals surface area contributed by atoms with E-state index in [4.69, 9.17) is 14.2 Å². The molecule has 1 N–H and O–H groups in total. The molecule has 1 aromatic carbocycles. The van der Waals surface area contributed by atoms with Crippen molar-refractivity contribution in [1.29, 1.82) is 0 Å². The molecule has 3 aromatic rings. The molecule has 3 heterocycles. The van der Waals surface area contributed by atoms with Gasteiger partial charge in [0.05, 0.1) is 19.5 Å². The molecular weight excluding hydrogens is 484 g/mol. The molecule has 194 valence electrons. The summed E-state index contributed by atoms with van der Waals surface area (Å²) in [6.07, 6.45) is 3.83. The molecule has 0 radical (unpaired) electrons. The molecule has 4 atom stereocenters. The van der Waals surface area contributed by atoms with Crippen LogP contribution >= 0.6 is 0 Å². The highest BCUT2D eigenvalue weighted by atomic mass is 32.2. The maximum atomic E-state index is 13.5. The van der Waals surface area contributed by atoms with E-state index in [1.54, 1.807) is 49.0 Å². The zero-order chi connectivity index (χ0) is 26.0. The Hall–Kier alpha value is -3.25. The summed E-state index contributed by atoms with van der Waals surface area (Å²) in [5, 5.41) is 7.73. The monoisotopic (exact) mass is 516 g/mol. The van der Waals surface area contributed by atoms with E-state index in [0.29, 0.717) is 35.4 Å². The summed E-state index contributed by atoms with van der Waals surface area (Å²) in [7, 11) is -0.872. The van der Waals surface area contributed by atoms with Gasteiger partial charge in [0.15, 0.2) is 5.82 Å². The molecule has 4 rings (SSSR count). The van der Waals surface area contributed by atoms with E-state index < -0.39 is 21.2 Å². The molecule has 1 saturated heterocycles. The molecule has 12 heteroatoms. The quantitative estimate of drug-likeness (QED) is 0.454. The van der Waals surface area contributed by atoms with Gasteiger partial charge in [-0.2, -0.15) is 0 Å². The van der Waals surface area contributed by atoms with Gasteiger partial charge >= 0.3 is 0 Å². The first-order valence-electron chi connectivity index (χ1n) is 11.8. The Balaban J connectivity index is 1.78. The zero-order valence-corrected chi connectivity index (χ0v) is 22.1. The molecule has 36 heavy (non-hydrogen) atoms. The summed E-state index contributed by atoms with van der Waals surface area (Å²) in [5.74, 6) is 1.54. The molecule has 0 saturated carbocycles. The second kappa shape index (κ2) is 10.4. The number of nitrogens with one attached hydrogen (secondary N) is 1. The third-order valence-electron chi connectivity index (χ3n) is 6.59. The number of ether oxygens (including phenoxy) is 3. The van der Waals surface area contributed by atoms with Crippen LogP contribution in [0.2, 0.25) is 0 Å². The predicted molar refractivity (Wildman–Crippen MR) is 134 cm³/mol. The van der Waals surface area contributed by atoms with Crippen LogP contribution in [0.25, 0.3) is 5.69 Å². The number of anilines is 1. The third-order valence-corrected chi connectivity index (χ3v) is 8.44. The second-order valence-corrected chi connectivity index (χ2v) is 11.1. The highest BCUT2D eigenvalue weighted by Gasteiger charge is 2.36. The fourth-order valence-electron chi connectivity index (χ4n) is 4.18. The van der Waals surface area contributed by atoms with Gasteiger partial charge in [0.2, 0.25) is 16.0 Å². The lowest BCUT2D eigenvalue weighted by molar-refractivity contribution is 0.0858. The van der Waals surface area contributed by atoms with Gasteiger partial charge in [-0.25, -0.2) is 18.4 Å². The van der Waals surface area contributed by atoms with Gasteiger partial charge in [-0.05, 0) is 43.9 Å². The molecule has 0 spiro atoms. The highest BCUT2D eigenvalue weighted by molar-refractivity contribution is 7.93. The first-order valence-corrected chi connectivity index (χ1v) is 13.3. The van der Waals surface area contributed by atoms with Crippen LogP contribution in [0.4, 0.5) is 5.95 Å². The minimum Gasteiger partial charge on any atom is -0.494 e. The molecule has 0 unspecified atom stereocenters. The van der Waals surface area contributed by atoms with Crippen LogP contribution in [-0.4, -0.2) is 59.2 Å². The Morgan fingerprint density at radius 1 is 1.11 bits per heavy atom. The molecule has 1 aliphatic rings. The lowest BCUT2D eigenvalue weighted by Gasteiger charge is -2.22. The summed E-state index contributed by atoms with van der Waals surface area (Å²) in [6.45, 7) is 7.91. The Morgan fingerprint density at radius 3 is 2.31 bits per heavy atom. The van der Waals surface area contributed by atoms with Gasteiger partial charge in [0, 0.05) is 24.9 Å². The number of hydrogen-bond donors (Lipinski definition) is 1. The average Bonchev–Trinajstić information content (AvgIpc) is 3.47. The van der Waals surface area contributed by atoms with Gasteiger partial charge in [0.1, 0.15) is 29.1 Å². The fraction of sp³-hybridized carbons (Fsp3) is 0.500. The number of rotatable bonds is 9. The van der Waals surface area contributed by atoms with Gasteiger partial charge < -0.3 is 14.2 Å². The first kappa shape index (κ1) is 25.8. The number of aromatic nitrogens is 5. The van der Waals surface area contributed by atoms with E-state index >= 15 is 0 Å². The van der Waals surface area contributed by atoms with Gasteiger partial charge in [-0.1, -0.05) is 19.9 Å². The van der Waals surface area contributed by atoms with Gasteiger partial charge in [-0.3, -0.25) is 9.29 Å². The number of benzene rings is 1. The molecule has 1 aliphatic heterocycles. The Bertz CT molecular complexity index is 1290. The van der Waals surface area contributed by atoms with Crippen molar-refractivity contribution in [3.63, 3.8) is 0 Å².